The monoisotopic (exact) mass is 718 g/mol. The Hall–Kier alpha value is -5.14. The first-order valence-corrected chi connectivity index (χ1v) is 19.5. The van der Waals surface area contributed by atoms with Gasteiger partial charge in [-0.2, -0.15) is 0 Å². The highest BCUT2D eigenvalue weighted by Gasteiger charge is 2.21. The molecule has 0 saturated heterocycles. The molecule has 54 heavy (non-hydrogen) atoms. The lowest BCUT2D eigenvalue weighted by molar-refractivity contribution is -0.147. The van der Waals surface area contributed by atoms with Crippen molar-refractivity contribution < 1.29 is 19.1 Å². The molecule has 0 fully saturated rings. The second-order valence-electron chi connectivity index (χ2n) is 16.9. The number of allylic oxidation sites excluding steroid dienone is 2. The molecular formula is C50H54O4. The molecule has 0 aromatic heterocycles. The maximum Gasteiger partial charge on any atom is 0.310 e. The fourth-order valence-electron chi connectivity index (χ4n) is 7.12. The molecule has 4 heteroatoms. The molecule has 2 unspecified atom stereocenters. The molecule has 4 aromatic rings. The van der Waals surface area contributed by atoms with Crippen molar-refractivity contribution in [1.82, 2.24) is 0 Å². The maximum absolute atomic E-state index is 12.9. The van der Waals surface area contributed by atoms with Crippen molar-refractivity contribution in [2.75, 3.05) is 0 Å². The molecule has 4 nitrogen and oxygen atoms in total. The largest absolute Gasteiger partial charge is 0.458 e. The zero-order valence-corrected chi connectivity index (χ0v) is 32.8. The number of ether oxygens (including phenoxy) is 2. The number of carbonyl (C=O) groups is 2. The van der Waals surface area contributed by atoms with E-state index in [0.29, 0.717) is 0 Å². The fourth-order valence-corrected chi connectivity index (χ4v) is 7.12. The van der Waals surface area contributed by atoms with E-state index in [1.165, 1.54) is 33.4 Å². The normalized spacial score (nSPS) is 17.4. The van der Waals surface area contributed by atoms with Crippen LogP contribution in [0.15, 0.2) is 109 Å². The number of benzene rings is 4. The minimum Gasteiger partial charge on any atom is -0.458 e. The summed E-state index contributed by atoms with van der Waals surface area (Å²) in [5.74, 6) is 5.98. The van der Waals surface area contributed by atoms with Gasteiger partial charge in [0.05, 0.1) is 12.8 Å². The fraction of sp³-hybridized carbons (Fsp3) is 0.360. The van der Waals surface area contributed by atoms with Crippen LogP contribution in [0.4, 0.5) is 0 Å². The van der Waals surface area contributed by atoms with Crippen LogP contribution in [0.1, 0.15) is 125 Å². The van der Waals surface area contributed by atoms with E-state index in [4.69, 9.17) is 9.47 Å². The van der Waals surface area contributed by atoms with Crippen LogP contribution in [0, 0.1) is 11.8 Å². The molecule has 0 spiro atoms. The van der Waals surface area contributed by atoms with Gasteiger partial charge in [0.1, 0.15) is 12.2 Å². The van der Waals surface area contributed by atoms with Crippen LogP contribution in [-0.4, -0.2) is 24.1 Å². The number of carbonyl (C=O) groups excluding carboxylic acids is 2. The SMILES string of the molecule is CC(C)(C)c1ccc(C2=CC(OC(=O)Cc3ccc(C#Cc4ccc(CC(=O)OC5C=C(c6ccc(C(C)(C)C)cc6)CCC5)cc4)cc3)CCC2)cc1. The third-order valence-corrected chi connectivity index (χ3v) is 10.4. The van der Waals surface area contributed by atoms with E-state index >= 15 is 0 Å². The van der Waals surface area contributed by atoms with Gasteiger partial charge in [0.2, 0.25) is 0 Å². The average Bonchev–Trinajstić information content (AvgIpc) is 3.15. The van der Waals surface area contributed by atoms with E-state index in [-0.39, 0.29) is 47.8 Å². The van der Waals surface area contributed by atoms with Crippen molar-refractivity contribution in [3.05, 3.63) is 154 Å². The standard InChI is InChI=1S/C50H54O4/c1-49(2,3)43-27-23-39(24-28-43)41-9-7-11-45(33-41)53-47(51)31-37-19-15-35(16-20-37)13-14-36-17-21-38(22-18-36)32-48(52)54-46-12-8-10-42(34-46)40-25-29-44(30-26-40)50(4,5)6/h15-30,33-34,45-46H,7-12,31-32H2,1-6H3. The first kappa shape index (κ1) is 38.6. The van der Waals surface area contributed by atoms with Crippen molar-refractivity contribution in [2.24, 2.45) is 0 Å². The molecule has 0 heterocycles. The summed E-state index contributed by atoms with van der Waals surface area (Å²) >= 11 is 0. The number of esters is 2. The number of hydrogen-bond donors (Lipinski definition) is 0. The molecule has 4 aromatic carbocycles. The van der Waals surface area contributed by atoms with Crippen molar-refractivity contribution in [2.45, 2.75) is 116 Å². The summed E-state index contributed by atoms with van der Waals surface area (Å²) in [5.41, 5.74) is 11.3. The summed E-state index contributed by atoms with van der Waals surface area (Å²) in [6, 6.07) is 33.1. The van der Waals surface area contributed by atoms with E-state index in [9.17, 15) is 9.59 Å². The molecule has 0 N–H and O–H groups in total. The minimum absolute atomic E-state index is 0.119. The number of hydrogen-bond acceptors (Lipinski definition) is 4. The lowest BCUT2D eigenvalue weighted by Gasteiger charge is -2.23. The van der Waals surface area contributed by atoms with Gasteiger partial charge in [-0.25, -0.2) is 0 Å². The molecule has 0 radical (unpaired) electrons. The second kappa shape index (κ2) is 16.9. The van der Waals surface area contributed by atoms with E-state index in [2.05, 4.69) is 114 Å². The molecule has 278 valence electrons. The van der Waals surface area contributed by atoms with Gasteiger partial charge in [0.15, 0.2) is 0 Å². The van der Waals surface area contributed by atoms with Crippen LogP contribution in [0.3, 0.4) is 0 Å². The van der Waals surface area contributed by atoms with Gasteiger partial charge in [0, 0.05) is 11.1 Å². The molecule has 2 aliphatic rings. The molecule has 0 aliphatic heterocycles. The Kier molecular flexibility index (Phi) is 12.1. The zero-order chi connectivity index (χ0) is 38.3. The Morgan fingerprint density at radius 2 is 0.889 bits per heavy atom. The highest BCUT2D eigenvalue weighted by Crippen LogP contribution is 2.32. The zero-order valence-electron chi connectivity index (χ0n) is 32.8. The molecule has 6 rings (SSSR count). The summed E-state index contributed by atoms with van der Waals surface area (Å²) in [6.07, 6.45) is 10.0. The minimum atomic E-state index is -0.217. The first-order valence-electron chi connectivity index (χ1n) is 19.5. The predicted octanol–water partition coefficient (Wildman–Crippen LogP) is 11.1. The van der Waals surface area contributed by atoms with Gasteiger partial charge < -0.3 is 9.47 Å². The van der Waals surface area contributed by atoms with Crippen molar-refractivity contribution >= 4 is 23.1 Å². The Morgan fingerprint density at radius 1 is 0.537 bits per heavy atom. The smallest absolute Gasteiger partial charge is 0.310 e. The summed E-state index contributed by atoms with van der Waals surface area (Å²) in [4.78, 5) is 25.7. The van der Waals surface area contributed by atoms with Crippen LogP contribution in [0.2, 0.25) is 0 Å². The van der Waals surface area contributed by atoms with Gasteiger partial charge in [-0.3, -0.25) is 9.59 Å². The molecule has 0 amide bonds. The summed E-state index contributed by atoms with van der Waals surface area (Å²) in [7, 11) is 0. The van der Waals surface area contributed by atoms with Crippen LogP contribution in [0.25, 0.3) is 11.1 Å². The van der Waals surface area contributed by atoms with Gasteiger partial charge in [-0.05, 0) is 130 Å². The highest BCUT2D eigenvalue weighted by molar-refractivity contribution is 5.75. The Labute approximate surface area is 322 Å². The Bertz CT molecular complexity index is 1890. The second-order valence-corrected chi connectivity index (χ2v) is 16.9. The quantitative estimate of drug-likeness (QED) is 0.134. The topological polar surface area (TPSA) is 52.6 Å². The molecule has 2 aliphatic carbocycles. The van der Waals surface area contributed by atoms with Crippen molar-refractivity contribution in [3.8, 4) is 11.8 Å². The van der Waals surface area contributed by atoms with Crippen LogP contribution in [-0.2, 0) is 42.7 Å². The lowest BCUT2D eigenvalue weighted by atomic mass is 9.85. The average molecular weight is 719 g/mol. The Balaban J connectivity index is 0.967. The molecule has 0 saturated carbocycles. The lowest BCUT2D eigenvalue weighted by Crippen LogP contribution is -2.20. The molecular weight excluding hydrogens is 665 g/mol. The number of rotatable bonds is 8. The molecule has 0 bridgehead atoms. The van der Waals surface area contributed by atoms with Crippen LogP contribution in [0.5, 0.6) is 0 Å². The van der Waals surface area contributed by atoms with Gasteiger partial charge >= 0.3 is 11.9 Å². The summed E-state index contributed by atoms with van der Waals surface area (Å²) in [5, 5.41) is 0. The predicted molar refractivity (Wildman–Crippen MR) is 220 cm³/mol. The summed E-state index contributed by atoms with van der Waals surface area (Å²) < 4.78 is 11.8. The first-order chi connectivity index (χ1) is 25.8. The third kappa shape index (κ3) is 10.7. The van der Waals surface area contributed by atoms with E-state index in [1.54, 1.807) is 0 Å². The van der Waals surface area contributed by atoms with E-state index in [1.807, 2.05) is 48.5 Å². The third-order valence-electron chi connectivity index (χ3n) is 10.4. The van der Waals surface area contributed by atoms with Crippen molar-refractivity contribution in [1.29, 1.82) is 0 Å². The van der Waals surface area contributed by atoms with Crippen LogP contribution >= 0.6 is 0 Å². The van der Waals surface area contributed by atoms with Gasteiger partial charge in [-0.15, -0.1) is 0 Å². The van der Waals surface area contributed by atoms with E-state index < -0.39 is 0 Å². The highest BCUT2D eigenvalue weighted by atomic mass is 16.5. The molecule has 2 atom stereocenters. The van der Waals surface area contributed by atoms with Crippen LogP contribution < -0.4 is 0 Å². The van der Waals surface area contributed by atoms with Gasteiger partial charge in [-0.1, -0.05) is 126 Å². The van der Waals surface area contributed by atoms with Gasteiger partial charge in [0.25, 0.3) is 0 Å². The van der Waals surface area contributed by atoms with E-state index in [0.717, 1.165) is 60.8 Å². The van der Waals surface area contributed by atoms with Crippen molar-refractivity contribution in [3.63, 3.8) is 0 Å². The maximum atomic E-state index is 12.9. The summed E-state index contributed by atoms with van der Waals surface area (Å²) in [6.45, 7) is 13.3. The Morgan fingerprint density at radius 3 is 1.22 bits per heavy atom.